The molecule has 0 atom stereocenters. The molecule has 11 heteroatoms. The molecule has 0 heterocycles. The molecule has 0 aromatic rings. The van der Waals surface area contributed by atoms with E-state index in [9.17, 15) is 22.8 Å². The summed E-state index contributed by atoms with van der Waals surface area (Å²) in [6.07, 6.45) is 0.437. The van der Waals surface area contributed by atoms with Gasteiger partial charge in [0.2, 0.25) is 0 Å². The van der Waals surface area contributed by atoms with Crippen molar-refractivity contribution >= 4 is 79.4 Å². The van der Waals surface area contributed by atoms with Crippen molar-refractivity contribution in [2.45, 2.75) is 40.0 Å². The zero-order valence-electron chi connectivity index (χ0n) is 16.5. The van der Waals surface area contributed by atoms with Crippen LogP contribution in [0.5, 0.6) is 0 Å². The van der Waals surface area contributed by atoms with Gasteiger partial charge in [-0.3, -0.25) is 9.35 Å². The fourth-order valence-corrected chi connectivity index (χ4v) is 2.44. The monoisotopic (exact) mass is 460 g/mol. The Hall–Kier alpha value is -0.564. The van der Waals surface area contributed by atoms with Gasteiger partial charge in [0.25, 0.3) is 10.1 Å². The third kappa shape index (κ3) is 12.7. The molecule has 1 N–H and O–H groups in total. The number of ether oxygens (including phenoxy) is 3. The molecule has 0 aliphatic rings. The van der Waals surface area contributed by atoms with Crippen LogP contribution in [-0.4, -0.2) is 108 Å². The Bertz CT molecular complexity index is 683. The molecule has 0 aromatic heterocycles. The maximum atomic E-state index is 12.6. The Morgan fingerprint density at radius 3 is 1.72 bits per heavy atom. The van der Waals surface area contributed by atoms with Gasteiger partial charge in [-0.15, -0.1) is 0 Å². The maximum absolute atomic E-state index is 12.6. The summed E-state index contributed by atoms with van der Waals surface area (Å²) in [5.41, 5.74) is -1.15. The molecular weight excluding hydrogens is 431 g/mol. The van der Waals surface area contributed by atoms with Crippen molar-refractivity contribution in [3.05, 3.63) is 24.3 Å². The molecule has 0 bridgehead atoms. The minimum atomic E-state index is -4.08. The quantitative estimate of drug-likeness (QED) is 0.107. The van der Waals surface area contributed by atoms with Gasteiger partial charge in [0.05, 0.1) is 12.4 Å². The summed E-state index contributed by atoms with van der Waals surface area (Å²) in [4.78, 5) is 36.0. The van der Waals surface area contributed by atoms with Crippen molar-refractivity contribution in [1.82, 2.24) is 0 Å². The second-order valence-electron chi connectivity index (χ2n) is 6.48. The van der Waals surface area contributed by atoms with Crippen molar-refractivity contribution in [3.63, 3.8) is 0 Å². The van der Waals surface area contributed by atoms with Crippen molar-refractivity contribution < 1.29 is 41.6 Å². The third-order valence-corrected chi connectivity index (χ3v) is 4.60. The van der Waals surface area contributed by atoms with Gasteiger partial charge in [0.15, 0.2) is 0 Å². The van der Waals surface area contributed by atoms with Crippen molar-refractivity contribution in [1.29, 1.82) is 0 Å². The first-order valence-corrected chi connectivity index (χ1v) is 10.2. The molecule has 0 fully saturated rings. The Kier molecular flexibility index (Phi) is 15.3. The van der Waals surface area contributed by atoms with Gasteiger partial charge in [-0.05, 0) is 33.1 Å². The average Bonchev–Trinajstić information content (AvgIpc) is 2.59. The minimum absolute atomic E-state index is 0. The first-order chi connectivity index (χ1) is 12.8. The van der Waals surface area contributed by atoms with Crippen molar-refractivity contribution in [2.24, 2.45) is 5.41 Å². The number of carbonyl (C=O) groups is 3. The van der Waals surface area contributed by atoms with Gasteiger partial charge < -0.3 is 14.2 Å². The molecule has 0 saturated carbocycles. The van der Waals surface area contributed by atoms with Crippen LogP contribution >= 0.6 is 0 Å². The second kappa shape index (κ2) is 14.4. The molecule has 0 aliphatic heterocycles. The number of hydrogen-bond acceptors (Lipinski definition) is 8. The van der Waals surface area contributed by atoms with E-state index >= 15 is 0 Å². The van der Waals surface area contributed by atoms with Crippen LogP contribution in [0.1, 0.15) is 40.0 Å². The molecule has 162 valence electrons. The van der Waals surface area contributed by atoms with E-state index in [0.717, 1.165) is 0 Å². The summed E-state index contributed by atoms with van der Waals surface area (Å²) in [5, 5.41) is 0. The molecule has 0 aromatic carbocycles. The zero-order valence-corrected chi connectivity index (χ0v) is 17.3. The molecule has 0 amide bonds. The topological polar surface area (TPSA) is 133 Å². The van der Waals surface area contributed by atoms with Gasteiger partial charge >= 0.3 is 69.3 Å². The first-order valence-electron chi connectivity index (χ1n) is 8.62. The van der Waals surface area contributed by atoms with Crippen LogP contribution < -0.4 is 0 Å². The molecule has 0 unspecified atom stereocenters. The van der Waals surface area contributed by atoms with Crippen molar-refractivity contribution in [2.75, 3.05) is 25.6 Å². The van der Waals surface area contributed by atoms with E-state index in [1.807, 2.05) is 0 Å². The van der Waals surface area contributed by atoms with Crippen LogP contribution in [0.3, 0.4) is 0 Å². The van der Waals surface area contributed by atoms with Crippen LogP contribution in [0.4, 0.5) is 0 Å². The van der Waals surface area contributed by atoms with Gasteiger partial charge in [0, 0.05) is 11.1 Å². The predicted octanol–water partition coefficient (Wildman–Crippen LogP) is 1.18. The summed E-state index contributed by atoms with van der Waals surface area (Å²) < 4.78 is 45.4. The van der Waals surface area contributed by atoms with Gasteiger partial charge in [-0.25, -0.2) is 9.59 Å². The summed E-state index contributed by atoms with van der Waals surface area (Å²) in [6, 6.07) is 0. The molecule has 0 spiro atoms. The SMILES string of the molecule is C=C(C)C(=O)OCC(CC)(COC(=O)C(=C)C)C(=O)OCCCCS(=O)(=O)O.[KH]. The van der Waals surface area contributed by atoms with Crippen LogP contribution in [-0.2, 0) is 38.7 Å². The van der Waals surface area contributed by atoms with E-state index in [-0.39, 0.29) is 102 Å². The molecular formula is C18H29KO9S. The van der Waals surface area contributed by atoms with E-state index < -0.39 is 39.2 Å². The van der Waals surface area contributed by atoms with Gasteiger partial charge in [-0.1, -0.05) is 20.1 Å². The summed E-state index contributed by atoms with van der Waals surface area (Å²) >= 11 is 0. The fourth-order valence-electron chi connectivity index (χ4n) is 1.87. The Labute approximate surface area is 214 Å². The molecule has 9 nitrogen and oxygen atoms in total. The fraction of sp³-hybridized carbons (Fsp3) is 0.611. The Morgan fingerprint density at radius 2 is 1.38 bits per heavy atom. The van der Waals surface area contributed by atoms with Gasteiger partial charge in [0.1, 0.15) is 18.6 Å². The van der Waals surface area contributed by atoms with E-state index in [4.69, 9.17) is 18.8 Å². The normalized spacial score (nSPS) is 11.0. The summed E-state index contributed by atoms with van der Waals surface area (Å²) in [7, 11) is -4.08. The van der Waals surface area contributed by atoms with Crippen LogP contribution in [0.2, 0.25) is 0 Å². The number of rotatable bonds is 13. The molecule has 0 saturated heterocycles. The standard InChI is InChI=1S/C18H28O9S.K.H/c1-6-18(11-26-15(19)13(2)3,12-27-16(20)14(4)5)17(21)25-9-7-8-10-28(22,23)24;;/h2,4,6-12H2,1,3,5H3,(H,22,23,24);;. The van der Waals surface area contributed by atoms with Crippen LogP contribution in [0, 0.1) is 5.41 Å². The Balaban J connectivity index is 0. The van der Waals surface area contributed by atoms with Crippen molar-refractivity contribution in [3.8, 4) is 0 Å². The predicted molar refractivity (Wildman–Crippen MR) is 108 cm³/mol. The Morgan fingerprint density at radius 1 is 0.931 bits per heavy atom. The van der Waals surface area contributed by atoms with E-state index in [2.05, 4.69) is 13.2 Å². The average molecular weight is 461 g/mol. The molecule has 29 heavy (non-hydrogen) atoms. The summed E-state index contributed by atoms with van der Waals surface area (Å²) in [6.45, 7) is 10.6. The van der Waals surface area contributed by atoms with E-state index in [1.165, 1.54) is 13.8 Å². The van der Waals surface area contributed by atoms with E-state index in [1.54, 1.807) is 6.92 Å². The molecule has 0 rings (SSSR count). The second-order valence-corrected chi connectivity index (χ2v) is 8.05. The number of carbonyl (C=O) groups excluding carboxylic acids is 3. The number of esters is 3. The summed E-state index contributed by atoms with van der Waals surface area (Å²) in [5.74, 6) is -2.61. The zero-order chi connectivity index (χ0) is 22.0. The van der Waals surface area contributed by atoms with Crippen LogP contribution in [0.25, 0.3) is 0 Å². The number of hydrogen-bond donors (Lipinski definition) is 1. The molecule has 0 aliphatic carbocycles. The third-order valence-electron chi connectivity index (χ3n) is 3.80. The van der Waals surface area contributed by atoms with E-state index in [0.29, 0.717) is 0 Å². The first kappa shape index (κ1) is 30.6. The van der Waals surface area contributed by atoms with Crippen LogP contribution in [0.15, 0.2) is 24.3 Å². The number of unbranched alkanes of at least 4 members (excludes halogenated alkanes) is 1. The van der Waals surface area contributed by atoms with Gasteiger partial charge in [-0.2, -0.15) is 8.42 Å². The molecule has 0 radical (unpaired) electrons.